The summed E-state index contributed by atoms with van der Waals surface area (Å²) in [7, 11) is -2.31. The summed E-state index contributed by atoms with van der Waals surface area (Å²) in [6.45, 7) is 1.16. The second-order valence-electron chi connectivity index (χ2n) is 9.24. The zero-order valence-corrected chi connectivity index (χ0v) is 23.6. The largest absolute Gasteiger partial charge is 0.497 e. The van der Waals surface area contributed by atoms with Gasteiger partial charge in [0, 0.05) is 22.6 Å². The lowest BCUT2D eigenvalue weighted by molar-refractivity contribution is -0.139. The number of amides is 2. The monoisotopic (exact) mass is 569 g/mol. The maximum absolute atomic E-state index is 13.7. The molecule has 1 fully saturated rings. The quantitative estimate of drug-likeness (QED) is 0.449. The van der Waals surface area contributed by atoms with E-state index in [9.17, 15) is 18.0 Å². The molecule has 0 saturated heterocycles. The Hall–Kier alpha value is -2.49. The van der Waals surface area contributed by atoms with Crippen LogP contribution in [0.2, 0.25) is 10.0 Å². The number of ether oxygens (including phenoxy) is 1. The summed E-state index contributed by atoms with van der Waals surface area (Å²) in [4.78, 5) is 28.2. The SMILES string of the molecule is COc1ccc(N(CC(=O)N(Cc2ccc(Cl)cc2Cl)[C@@H](C)C(=O)NC2CCCCC2)S(C)(=O)=O)cc1. The zero-order chi connectivity index (χ0) is 27.2. The molecular weight excluding hydrogens is 537 g/mol. The van der Waals surface area contributed by atoms with Gasteiger partial charge in [-0.3, -0.25) is 13.9 Å². The minimum Gasteiger partial charge on any atom is -0.497 e. The Morgan fingerprint density at radius 3 is 2.30 bits per heavy atom. The molecule has 11 heteroatoms. The first-order valence-corrected chi connectivity index (χ1v) is 14.8. The first-order chi connectivity index (χ1) is 17.5. The van der Waals surface area contributed by atoms with Crippen molar-refractivity contribution < 1.29 is 22.7 Å². The van der Waals surface area contributed by atoms with Crippen molar-refractivity contribution in [1.29, 1.82) is 0 Å². The number of nitrogens with zero attached hydrogens (tertiary/aromatic N) is 2. The van der Waals surface area contributed by atoms with Gasteiger partial charge in [-0.25, -0.2) is 8.42 Å². The number of carbonyl (C=O) groups is 2. The van der Waals surface area contributed by atoms with Gasteiger partial charge in [-0.2, -0.15) is 0 Å². The molecule has 1 aliphatic carbocycles. The number of halogens is 2. The third kappa shape index (κ3) is 7.99. The summed E-state index contributed by atoms with van der Waals surface area (Å²) >= 11 is 12.4. The van der Waals surface area contributed by atoms with Crippen LogP contribution in [0.4, 0.5) is 5.69 Å². The van der Waals surface area contributed by atoms with E-state index >= 15 is 0 Å². The van der Waals surface area contributed by atoms with Crippen molar-refractivity contribution in [3.05, 3.63) is 58.1 Å². The van der Waals surface area contributed by atoms with Crippen LogP contribution in [-0.4, -0.2) is 57.1 Å². The Morgan fingerprint density at radius 2 is 1.73 bits per heavy atom. The maximum Gasteiger partial charge on any atom is 0.244 e. The van der Waals surface area contributed by atoms with Gasteiger partial charge in [0.2, 0.25) is 21.8 Å². The van der Waals surface area contributed by atoms with E-state index in [0.717, 1.165) is 42.7 Å². The van der Waals surface area contributed by atoms with E-state index in [1.165, 1.54) is 12.0 Å². The van der Waals surface area contributed by atoms with Crippen LogP contribution in [0.1, 0.15) is 44.6 Å². The lowest BCUT2D eigenvalue weighted by Crippen LogP contribution is -2.53. The van der Waals surface area contributed by atoms with E-state index in [2.05, 4.69) is 5.32 Å². The molecule has 0 heterocycles. The molecule has 0 aliphatic heterocycles. The van der Waals surface area contributed by atoms with Crippen molar-refractivity contribution >= 4 is 50.7 Å². The molecule has 37 heavy (non-hydrogen) atoms. The highest BCUT2D eigenvalue weighted by Gasteiger charge is 2.31. The van der Waals surface area contributed by atoms with E-state index in [4.69, 9.17) is 27.9 Å². The van der Waals surface area contributed by atoms with E-state index in [1.54, 1.807) is 49.4 Å². The standard InChI is InChI=1S/C26H33Cl2N3O5S/c1-18(26(33)29-21-7-5-4-6-8-21)30(16-19-9-10-20(27)15-24(19)28)25(32)17-31(37(3,34)35)22-11-13-23(36-2)14-12-22/h9-15,18,21H,4-8,16-17H2,1-3H3,(H,29,33)/t18-/m0/s1. The van der Waals surface area contributed by atoms with Gasteiger partial charge in [-0.15, -0.1) is 0 Å². The molecule has 2 aromatic rings. The first kappa shape index (κ1) is 29.1. The number of hydrogen-bond donors (Lipinski definition) is 1. The third-order valence-electron chi connectivity index (χ3n) is 6.51. The van der Waals surface area contributed by atoms with E-state index < -0.39 is 28.5 Å². The molecule has 0 radical (unpaired) electrons. The van der Waals surface area contributed by atoms with Crippen LogP contribution in [0.25, 0.3) is 0 Å². The summed E-state index contributed by atoms with van der Waals surface area (Å²) in [5, 5.41) is 3.85. The second-order valence-corrected chi connectivity index (χ2v) is 12.0. The van der Waals surface area contributed by atoms with Crippen LogP contribution >= 0.6 is 23.2 Å². The number of hydrogen-bond acceptors (Lipinski definition) is 5. The Labute approximate surface area is 228 Å². The highest BCUT2D eigenvalue weighted by Crippen LogP contribution is 2.25. The first-order valence-electron chi connectivity index (χ1n) is 12.1. The molecule has 202 valence electrons. The van der Waals surface area contributed by atoms with E-state index in [0.29, 0.717) is 27.0 Å². The van der Waals surface area contributed by atoms with Gasteiger partial charge in [0.1, 0.15) is 18.3 Å². The number of anilines is 1. The van der Waals surface area contributed by atoms with Gasteiger partial charge < -0.3 is 15.0 Å². The molecule has 0 spiro atoms. The fourth-order valence-electron chi connectivity index (χ4n) is 4.35. The molecule has 0 aromatic heterocycles. The molecule has 2 aromatic carbocycles. The maximum atomic E-state index is 13.7. The summed E-state index contributed by atoms with van der Waals surface area (Å²) in [6.07, 6.45) is 6.07. The fraction of sp³-hybridized carbons (Fsp3) is 0.462. The molecular formula is C26H33Cl2N3O5S. The van der Waals surface area contributed by atoms with Crippen molar-refractivity contribution in [2.75, 3.05) is 24.2 Å². The Balaban J connectivity index is 1.89. The highest BCUT2D eigenvalue weighted by molar-refractivity contribution is 7.92. The van der Waals surface area contributed by atoms with Gasteiger partial charge in [-0.1, -0.05) is 48.5 Å². The van der Waals surface area contributed by atoms with Crippen LogP contribution in [0.3, 0.4) is 0 Å². The predicted molar refractivity (Wildman–Crippen MR) is 147 cm³/mol. The van der Waals surface area contributed by atoms with E-state index in [1.807, 2.05) is 0 Å². The number of methoxy groups -OCH3 is 1. The highest BCUT2D eigenvalue weighted by atomic mass is 35.5. The molecule has 0 bridgehead atoms. The lowest BCUT2D eigenvalue weighted by Gasteiger charge is -2.33. The normalized spacial score (nSPS) is 15.1. The van der Waals surface area contributed by atoms with Crippen LogP contribution in [-0.2, 0) is 26.2 Å². The molecule has 1 aliphatic rings. The lowest BCUT2D eigenvalue weighted by atomic mass is 9.95. The molecule has 1 saturated carbocycles. The van der Waals surface area contributed by atoms with Crippen molar-refractivity contribution in [2.45, 2.75) is 57.7 Å². The number of nitrogens with one attached hydrogen (secondary N) is 1. The Kier molecular flexibility index (Phi) is 10.1. The second kappa shape index (κ2) is 12.8. The minimum absolute atomic E-state index is 0.00824. The van der Waals surface area contributed by atoms with Gasteiger partial charge in [0.25, 0.3) is 0 Å². The molecule has 8 nitrogen and oxygen atoms in total. The van der Waals surface area contributed by atoms with Crippen molar-refractivity contribution in [3.63, 3.8) is 0 Å². The van der Waals surface area contributed by atoms with Crippen molar-refractivity contribution in [2.24, 2.45) is 0 Å². The van der Waals surface area contributed by atoms with Gasteiger partial charge >= 0.3 is 0 Å². The van der Waals surface area contributed by atoms with Crippen molar-refractivity contribution in [1.82, 2.24) is 10.2 Å². The fourth-order valence-corrected chi connectivity index (χ4v) is 5.66. The third-order valence-corrected chi connectivity index (χ3v) is 8.24. The Bertz CT molecular complexity index is 1200. The van der Waals surface area contributed by atoms with Gasteiger partial charge in [0.05, 0.1) is 19.1 Å². The molecule has 1 N–H and O–H groups in total. The smallest absolute Gasteiger partial charge is 0.244 e. The topological polar surface area (TPSA) is 96.0 Å². The molecule has 2 amide bonds. The average Bonchev–Trinajstić information content (AvgIpc) is 2.86. The zero-order valence-electron chi connectivity index (χ0n) is 21.2. The summed E-state index contributed by atoms with van der Waals surface area (Å²) < 4.78 is 31.5. The minimum atomic E-state index is -3.82. The number of benzene rings is 2. The van der Waals surface area contributed by atoms with Gasteiger partial charge in [0.15, 0.2) is 0 Å². The summed E-state index contributed by atoms with van der Waals surface area (Å²) in [6, 6.07) is 10.5. The number of sulfonamides is 1. The average molecular weight is 571 g/mol. The van der Waals surface area contributed by atoms with Crippen LogP contribution in [0.15, 0.2) is 42.5 Å². The van der Waals surface area contributed by atoms with Gasteiger partial charge in [-0.05, 0) is 61.7 Å². The molecule has 1 atom stereocenters. The predicted octanol–water partition coefficient (Wildman–Crippen LogP) is 4.63. The summed E-state index contributed by atoms with van der Waals surface area (Å²) in [5.74, 6) is -0.283. The van der Waals surface area contributed by atoms with E-state index in [-0.39, 0.29) is 18.5 Å². The van der Waals surface area contributed by atoms with Crippen molar-refractivity contribution in [3.8, 4) is 5.75 Å². The van der Waals surface area contributed by atoms with Crippen LogP contribution < -0.4 is 14.4 Å². The molecule has 3 rings (SSSR count). The number of carbonyl (C=O) groups excluding carboxylic acids is 2. The molecule has 0 unspecified atom stereocenters. The summed E-state index contributed by atoms with van der Waals surface area (Å²) in [5.41, 5.74) is 0.896. The van der Waals surface area contributed by atoms with Crippen LogP contribution in [0, 0.1) is 0 Å². The van der Waals surface area contributed by atoms with Crippen LogP contribution in [0.5, 0.6) is 5.75 Å². The Morgan fingerprint density at radius 1 is 1.08 bits per heavy atom. The number of rotatable bonds is 10.